The van der Waals surface area contributed by atoms with Crippen LogP contribution >= 0.6 is 0 Å². The van der Waals surface area contributed by atoms with Crippen molar-refractivity contribution in [1.29, 1.82) is 0 Å². The summed E-state index contributed by atoms with van der Waals surface area (Å²) >= 11 is 0. The van der Waals surface area contributed by atoms with Gasteiger partial charge in [0.25, 0.3) is 0 Å². The van der Waals surface area contributed by atoms with Crippen LogP contribution in [-0.4, -0.2) is 18.1 Å². The molecular formula is C19H22N2. The van der Waals surface area contributed by atoms with Gasteiger partial charge in [-0.05, 0) is 55.2 Å². The van der Waals surface area contributed by atoms with Crippen molar-refractivity contribution in [2.24, 2.45) is 0 Å². The second kappa shape index (κ2) is 5.28. The molecule has 0 N–H and O–H groups in total. The first-order valence-electron chi connectivity index (χ1n) is 7.43. The fourth-order valence-electron chi connectivity index (χ4n) is 2.91. The van der Waals surface area contributed by atoms with Crippen LogP contribution in [0.1, 0.15) is 18.1 Å². The first-order valence-corrected chi connectivity index (χ1v) is 7.43. The zero-order valence-corrected chi connectivity index (χ0v) is 13.2. The third-order valence-corrected chi connectivity index (χ3v) is 4.39. The molecule has 0 bridgehead atoms. The SMILES string of the molecule is Cc1ccccc1-c1ccc(N2C=CN(C)[C@@H]2C)c(C)c1. The van der Waals surface area contributed by atoms with E-state index in [1.54, 1.807) is 0 Å². The lowest BCUT2D eigenvalue weighted by Crippen LogP contribution is -2.33. The molecule has 0 spiro atoms. The highest BCUT2D eigenvalue weighted by Crippen LogP contribution is 2.31. The first kappa shape index (κ1) is 13.7. The molecule has 1 atom stereocenters. The van der Waals surface area contributed by atoms with Crippen LogP contribution in [0, 0.1) is 13.8 Å². The van der Waals surface area contributed by atoms with Crippen LogP contribution in [0.2, 0.25) is 0 Å². The zero-order valence-electron chi connectivity index (χ0n) is 13.2. The average Bonchev–Trinajstić information content (AvgIpc) is 2.80. The minimum atomic E-state index is 0.369. The van der Waals surface area contributed by atoms with Gasteiger partial charge in [-0.2, -0.15) is 0 Å². The molecular weight excluding hydrogens is 256 g/mol. The second-order valence-corrected chi connectivity index (χ2v) is 5.82. The van der Waals surface area contributed by atoms with E-state index in [1.807, 2.05) is 0 Å². The van der Waals surface area contributed by atoms with Crippen LogP contribution < -0.4 is 4.90 Å². The van der Waals surface area contributed by atoms with Gasteiger partial charge in [0.1, 0.15) is 6.17 Å². The van der Waals surface area contributed by atoms with Crippen molar-refractivity contribution in [3.05, 3.63) is 66.0 Å². The van der Waals surface area contributed by atoms with Crippen LogP contribution in [0.3, 0.4) is 0 Å². The Bertz CT molecular complexity index is 688. The van der Waals surface area contributed by atoms with E-state index in [0.717, 1.165) is 0 Å². The van der Waals surface area contributed by atoms with E-state index in [9.17, 15) is 0 Å². The molecule has 108 valence electrons. The summed E-state index contributed by atoms with van der Waals surface area (Å²) in [5.41, 5.74) is 6.51. The Kier molecular flexibility index (Phi) is 3.46. The van der Waals surface area contributed by atoms with E-state index >= 15 is 0 Å². The average molecular weight is 278 g/mol. The van der Waals surface area contributed by atoms with Gasteiger partial charge in [0.2, 0.25) is 0 Å². The molecule has 0 aromatic heterocycles. The maximum Gasteiger partial charge on any atom is 0.102 e. The quantitative estimate of drug-likeness (QED) is 0.795. The number of nitrogens with zero attached hydrogens (tertiary/aromatic N) is 2. The lowest BCUT2D eigenvalue weighted by molar-refractivity contribution is 0.383. The van der Waals surface area contributed by atoms with Crippen molar-refractivity contribution in [2.45, 2.75) is 26.9 Å². The summed E-state index contributed by atoms with van der Waals surface area (Å²) in [5, 5.41) is 0. The highest BCUT2D eigenvalue weighted by molar-refractivity contribution is 5.72. The van der Waals surface area contributed by atoms with Crippen LogP contribution in [0.15, 0.2) is 54.9 Å². The molecule has 2 aromatic carbocycles. The molecule has 0 saturated heterocycles. The maximum absolute atomic E-state index is 2.32. The predicted molar refractivity (Wildman–Crippen MR) is 90.2 cm³/mol. The number of hydrogen-bond donors (Lipinski definition) is 0. The Hall–Kier alpha value is -2.22. The fourth-order valence-corrected chi connectivity index (χ4v) is 2.91. The maximum atomic E-state index is 2.32. The van der Waals surface area contributed by atoms with Gasteiger partial charge in [-0.3, -0.25) is 0 Å². The third kappa shape index (κ3) is 2.42. The molecule has 1 aliphatic heterocycles. The summed E-state index contributed by atoms with van der Waals surface area (Å²) in [5.74, 6) is 0. The minimum absolute atomic E-state index is 0.369. The molecule has 2 heteroatoms. The summed E-state index contributed by atoms with van der Waals surface area (Å²) in [6.07, 6.45) is 4.65. The van der Waals surface area contributed by atoms with Crippen LogP contribution in [0.25, 0.3) is 11.1 Å². The molecule has 1 aliphatic rings. The van der Waals surface area contributed by atoms with E-state index in [2.05, 4.69) is 92.5 Å². The summed E-state index contributed by atoms with van der Waals surface area (Å²) in [6, 6.07) is 15.3. The summed E-state index contributed by atoms with van der Waals surface area (Å²) in [4.78, 5) is 4.53. The number of anilines is 1. The molecule has 0 radical (unpaired) electrons. The monoisotopic (exact) mass is 278 g/mol. The van der Waals surface area contributed by atoms with Crippen LogP contribution in [0.4, 0.5) is 5.69 Å². The van der Waals surface area contributed by atoms with Crippen molar-refractivity contribution in [3.8, 4) is 11.1 Å². The van der Waals surface area contributed by atoms with Gasteiger partial charge in [0, 0.05) is 25.1 Å². The summed E-state index contributed by atoms with van der Waals surface area (Å²) < 4.78 is 0. The van der Waals surface area contributed by atoms with Crippen molar-refractivity contribution in [2.75, 3.05) is 11.9 Å². The van der Waals surface area contributed by atoms with Crippen molar-refractivity contribution in [1.82, 2.24) is 4.90 Å². The lowest BCUT2D eigenvalue weighted by Gasteiger charge is -2.28. The molecule has 0 amide bonds. The van der Waals surface area contributed by atoms with Crippen molar-refractivity contribution < 1.29 is 0 Å². The van der Waals surface area contributed by atoms with E-state index in [1.165, 1.54) is 27.9 Å². The largest absolute Gasteiger partial charge is 0.359 e. The minimum Gasteiger partial charge on any atom is -0.359 e. The smallest absolute Gasteiger partial charge is 0.102 e. The van der Waals surface area contributed by atoms with Gasteiger partial charge in [0.05, 0.1) is 0 Å². The van der Waals surface area contributed by atoms with Gasteiger partial charge in [-0.1, -0.05) is 30.3 Å². The number of aryl methyl sites for hydroxylation is 2. The van der Waals surface area contributed by atoms with Gasteiger partial charge < -0.3 is 9.80 Å². The highest BCUT2D eigenvalue weighted by Gasteiger charge is 2.21. The van der Waals surface area contributed by atoms with E-state index < -0.39 is 0 Å². The van der Waals surface area contributed by atoms with Crippen LogP contribution in [0.5, 0.6) is 0 Å². The summed E-state index contributed by atoms with van der Waals surface area (Å²) in [6.45, 7) is 6.57. The molecule has 0 saturated carbocycles. The van der Waals surface area contributed by atoms with Gasteiger partial charge in [-0.25, -0.2) is 0 Å². The highest BCUT2D eigenvalue weighted by atomic mass is 15.4. The predicted octanol–water partition coefficient (Wildman–Crippen LogP) is 4.54. The number of rotatable bonds is 2. The Morgan fingerprint density at radius 1 is 0.905 bits per heavy atom. The zero-order chi connectivity index (χ0) is 15.0. The molecule has 21 heavy (non-hydrogen) atoms. The second-order valence-electron chi connectivity index (χ2n) is 5.82. The van der Waals surface area contributed by atoms with Gasteiger partial charge in [-0.15, -0.1) is 0 Å². The molecule has 3 rings (SSSR count). The first-order chi connectivity index (χ1) is 10.1. The molecule has 0 fully saturated rings. The lowest BCUT2D eigenvalue weighted by atomic mass is 9.98. The molecule has 2 aromatic rings. The standard InChI is InChI=1S/C19H22N2/c1-14-7-5-6-8-18(14)17-9-10-19(15(2)13-17)21-12-11-20(4)16(21)3/h5-13,16H,1-4H3/t16-/m0/s1. The van der Waals surface area contributed by atoms with Gasteiger partial charge in [0.15, 0.2) is 0 Å². The molecule has 0 aliphatic carbocycles. The van der Waals surface area contributed by atoms with E-state index in [0.29, 0.717) is 6.17 Å². The number of hydrogen-bond acceptors (Lipinski definition) is 2. The normalized spacial score (nSPS) is 17.6. The topological polar surface area (TPSA) is 6.48 Å². The number of benzene rings is 2. The fraction of sp³-hybridized carbons (Fsp3) is 0.263. The van der Waals surface area contributed by atoms with Crippen molar-refractivity contribution in [3.63, 3.8) is 0 Å². The molecule has 0 unspecified atom stereocenters. The van der Waals surface area contributed by atoms with E-state index in [-0.39, 0.29) is 0 Å². The Labute approximate surface area is 127 Å². The Morgan fingerprint density at radius 2 is 1.67 bits per heavy atom. The van der Waals surface area contributed by atoms with Crippen LogP contribution in [-0.2, 0) is 0 Å². The Balaban J connectivity index is 1.98. The molecule has 2 nitrogen and oxygen atoms in total. The summed E-state index contributed by atoms with van der Waals surface area (Å²) in [7, 11) is 2.11. The van der Waals surface area contributed by atoms with Crippen molar-refractivity contribution >= 4 is 5.69 Å². The Morgan fingerprint density at radius 3 is 2.29 bits per heavy atom. The van der Waals surface area contributed by atoms with E-state index in [4.69, 9.17) is 0 Å². The van der Waals surface area contributed by atoms with Gasteiger partial charge >= 0.3 is 0 Å². The third-order valence-electron chi connectivity index (χ3n) is 4.39. The molecule has 1 heterocycles.